The van der Waals surface area contributed by atoms with Gasteiger partial charge in [-0.15, -0.1) is 0 Å². The number of amides is 1. The van der Waals surface area contributed by atoms with Gasteiger partial charge in [-0.25, -0.2) is 0 Å². The van der Waals surface area contributed by atoms with Crippen LogP contribution in [0.2, 0.25) is 10.0 Å². The lowest BCUT2D eigenvalue weighted by Crippen LogP contribution is -2.23. The van der Waals surface area contributed by atoms with Crippen molar-refractivity contribution in [1.82, 2.24) is 4.90 Å². The minimum Gasteiger partial charge on any atom is -0.506 e. The van der Waals surface area contributed by atoms with Crippen LogP contribution in [0, 0.1) is 0 Å². The number of phenols is 1. The van der Waals surface area contributed by atoms with E-state index in [4.69, 9.17) is 23.2 Å². The molecule has 15 heavy (non-hydrogen) atoms. The molecule has 0 spiro atoms. The minimum atomic E-state index is -0.122. The van der Waals surface area contributed by atoms with E-state index in [1.807, 2.05) is 0 Å². The zero-order valence-electron chi connectivity index (χ0n) is 8.42. The van der Waals surface area contributed by atoms with Gasteiger partial charge in [0.25, 0.3) is 0 Å². The standard InChI is InChI=1S/C10H11Cl2NO2/c1-13(2)9(14)4-6-3-7(11)5-8(12)10(6)15/h3,5,15H,4H2,1-2H3. The van der Waals surface area contributed by atoms with E-state index in [1.165, 1.54) is 17.0 Å². The third-order valence-electron chi connectivity index (χ3n) is 1.95. The molecule has 0 aliphatic rings. The second kappa shape index (κ2) is 4.73. The minimum absolute atomic E-state index is 0.0825. The summed E-state index contributed by atoms with van der Waals surface area (Å²) in [5.74, 6) is -0.208. The molecule has 0 aliphatic carbocycles. The Balaban J connectivity index is 2.99. The highest BCUT2D eigenvalue weighted by Crippen LogP contribution is 2.31. The fourth-order valence-electron chi connectivity index (χ4n) is 1.08. The van der Waals surface area contributed by atoms with E-state index in [2.05, 4.69) is 0 Å². The molecule has 1 rings (SSSR count). The second-order valence-corrected chi connectivity index (χ2v) is 4.20. The Morgan fingerprint density at radius 3 is 2.53 bits per heavy atom. The van der Waals surface area contributed by atoms with Crippen LogP contribution in [0.1, 0.15) is 5.56 Å². The van der Waals surface area contributed by atoms with Crippen molar-refractivity contribution in [2.24, 2.45) is 0 Å². The predicted octanol–water partition coefficient (Wildman–Crippen LogP) is 2.33. The van der Waals surface area contributed by atoms with Gasteiger partial charge >= 0.3 is 0 Å². The third kappa shape index (κ3) is 3.01. The molecule has 0 saturated carbocycles. The molecule has 0 saturated heterocycles. The van der Waals surface area contributed by atoms with Crippen LogP contribution < -0.4 is 0 Å². The van der Waals surface area contributed by atoms with E-state index in [0.29, 0.717) is 10.6 Å². The van der Waals surface area contributed by atoms with E-state index >= 15 is 0 Å². The highest BCUT2D eigenvalue weighted by Gasteiger charge is 2.12. The number of nitrogens with zero attached hydrogens (tertiary/aromatic N) is 1. The Morgan fingerprint density at radius 1 is 1.40 bits per heavy atom. The molecule has 1 aromatic rings. The first-order valence-electron chi connectivity index (χ1n) is 4.29. The molecular weight excluding hydrogens is 237 g/mol. The first-order chi connectivity index (χ1) is 6.91. The molecule has 0 heterocycles. The summed E-state index contributed by atoms with van der Waals surface area (Å²) in [5, 5.41) is 10.2. The largest absolute Gasteiger partial charge is 0.506 e. The van der Waals surface area contributed by atoms with Crippen LogP contribution in [0.5, 0.6) is 5.75 Å². The lowest BCUT2D eigenvalue weighted by Gasteiger charge is -2.11. The van der Waals surface area contributed by atoms with E-state index in [1.54, 1.807) is 14.1 Å². The van der Waals surface area contributed by atoms with Crippen LogP contribution in [-0.4, -0.2) is 30.0 Å². The van der Waals surface area contributed by atoms with Crippen LogP contribution in [0.3, 0.4) is 0 Å². The Morgan fingerprint density at radius 2 is 2.00 bits per heavy atom. The zero-order valence-corrected chi connectivity index (χ0v) is 9.93. The molecule has 0 atom stereocenters. The Hall–Kier alpha value is -0.930. The van der Waals surface area contributed by atoms with E-state index < -0.39 is 0 Å². The summed E-state index contributed by atoms with van der Waals surface area (Å²) in [7, 11) is 3.29. The van der Waals surface area contributed by atoms with Gasteiger partial charge < -0.3 is 10.0 Å². The molecule has 0 fully saturated rings. The van der Waals surface area contributed by atoms with Crippen molar-refractivity contribution in [1.29, 1.82) is 0 Å². The average Bonchev–Trinajstić information content (AvgIpc) is 2.13. The lowest BCUT2D eigenvalue weighted by atomic mass is 10.1. The van der Waals surface area contributed by atoms with Crippen molar-refractivity contribution in [2.75, 3.05) is 14.1 Å². The SMILES string of the molecule is CN(C)C(=O)Cc1cc(Cl)cc(Cl)c1O. The summed E-state index contributed by atoms with van der Waals surface area (Å²) in [5.41, 5.74) is 0.436. The quantitative estimate of drug-likeness (QED) is 0.872. The Bertz CT molecular complexity index is 391. The molecule has 1 aromatic carbocycles. The highest BCUT2D eigenvalue weighted by atomic mass is 35.5. The number of aromatic hydroxyl groups is 1. The summed E-state index contributed by atoms with van der Waals surface area (Å²) in [6.07, 6.45) is 0.0825. The second-order valence-electron chi connectivity index (χ2n) is 3.36. The number of hydrogen-bond acceptors (Lipinski definition) is 2. The first-order valence-corrected chi connectivity index (χ1v) is 5.04. The van der Waals surface area contributed by atoms with Crippen molar-refractivity contribution in [2.45, 2.75) is 6.42 Å². The van der Waals surface area contributed by atoms with Crippen molar-refractivity contribution < 1.29 is 9.90 Å². The van der Waals surface area contributed by atoms with Gasteiger partial charge in [0.15, 0.2) is 0 Å². The van der Waals surface area contributed by atoms with Crippen molar-refractivity contribution in [3.05, 3.63) is 27.7 Å². The van der Waals surface area contributed by atoms with Gasteiger partial charge in [0, 0.05) is 24.7 Å². The molecule has 0 bridgehead atoms. The van der Waals surface area contributed by atoms with Crippen LogP contribution >= 0.6 is 23.2 Å². The number of halogens is 2. The monoisotopic (exact) mass is 247 g/mol. The number of phenolic OH excluding ortho intramolecular Hbond substituents is 1. The number of benzene rings is 1. The normalized spacial score (nSPS) is 10.1. The molecule has 3 nitrogen and oxygen atoms in total. The topological polar surface area (TPSA) is 40.5 Å². The van der Waals surface area contributed by atoms with E-state index in [9.17, 15) is 9.90 Å². The maximum absolute atomic E-state index is 11.4. The average molecular weight is 248 g/mol. The van der Waals surface area contributed by atoms with Gasteiger partial charge in [-0.1, -0.05) is 23.2 Å². The first kappa shape index (κ1) is 12.1. The van der Waals surface area contributed by atoms with Gasteiger partial charge in [-0.2, -0.15) is 0 Å². The number of carbonyl (C=O) groups is 1. The van der Waals surface area contributed by atoms with Crippen LogP contribution in [-0.2, 0) is 11.2 Å². The molecule has 0 radical (unpaired) electrons. The molecule has 0 aromatic heterocycles. The maximum Gasteiger partial charge on any atom is 0.226 e. The van der Waals surface area contributed by atoms with Crippen molar-refractivity contribution in [3.63, 3.8) is 0 Å². The van der Waals surface area contributed by atoms with Crippen LogP contribution in [0.15, 0.2) is 12.1 Å². The van der Waals surface area contributed by atoms with Gasteiger partial charge in [-0.05, 0) is 12.1 Å². The molecule has 1 amide bonds. The summed E-state index contributed by atoms with van der Waals surface area (Å²) in [6.45, 7) is 0. The molecule has 0 aliphatic heterocycles. The lowest BCUT2D eigenvalue weighted by molar-refractivity contribution is -0.127. The van der Waals surface area contributed by atoms with Gasteiger partial charge in [-0.3, -0.25) is 4.79 Å². The third-order valence-corrected chi connectivity index (χ3v) is 2.45. The molecular formula is C10H11Cl2NO2. The fourth-order valence-corrected chi connectivity index (χ4v) is 1.61. The summed E-state index contributed by atoms with van der Waals surface area (Å²) in [6, 6.07) is 2.96. The maximum atomic E-state index is 11.4. The summed E-state index contributed by atoms with van der Waals surface area (Å²) < 4.78 is 0. The van der Waals surface area contributed by atoms with Crippen LogP contribution in [0.4, 0.5) is 0 Å². The van der Waals surface area contributed by atoms with Gasteiger partial charge in [0.05, 0.1) is 11.4 Å². The number of hydrogen-bond donors (Lipinski definition) is 1. The van der Waals surface area contributed by atoms with Crippen molar-refractivity contribution in [3.8, 4) is 5.75 Å². The molecule has 82 valence electrons. The number of likely N-dealkylation sites (N-methyl/N-ethyl adjacent to an activating group) is 1. The summed E-state index contributed by atoms with van der Waals surface area (Å²) in [4.78, 5) is 12.9. The number of carbonyl (C=O) groups excluding carboxylic acids is 1. The Labute approximate surface area is 98.2 Å². The van der Waals surface area contributed by atoms with E-state index in [-0.39, 0.29) is 23.1 Å². The highest BCUT2D eigenvalue weighted by molar-refractivity contribution is 6.35. The van der Waals surface area contributed by atoms with Gasteiger partial charge in [0.2, 0.25) is 5.91 Å². The van der Waals surface area contributed by atoms with Crippen LogP contribution in [0.25, 0.3) is 0 Å². The molecule has 0 unspecified atom stereocenters. The van der Waals surface area contributed by atoms with Crippen molar-refractivity contribution >= 4 is 29.1 Å². The fraction of sp³-hybridized carbons (Fsp3) is 0.300. The zero-order chi connectivity index (χ0) is 11.6. The predicted molar refractivity (Wildman–Crippen MR) is 60.5 cm³/mol. The Kier molecular flexibility index (Phi) is 3.83. The number of rotatable bonds is 2. The smallest absolute Gasteiger partial charge is 0.226 e. The molecule has 1 N–H and O–H groups in total. The molecule has 5 heteroatoms. The summed E-state index contributed by atoms with van der Waals surface area (Å²) >= 11 is 11.5. The van der Waals surface area contributed by atoms with E-state index in [0.717, 1.165) is 0 Å². The van der Waals surface area contributed by atoms with Gasteiger partial charge in [0.1, 0.15) is 5.75 Å².